The first-order valence-corrected chi connectivity index (χ1v) is 6.06. The Morgan fingerprint density at radius 1 is 1.75 bits per heavy atom. The lowest BCUT2D eigenvalue weighted by atomic mass is 10.4. The maximum Gasteiger partial charge on any atom is 0.200 e. The molecule has 0 amide bonds. The summed E-state index contributed by atoms with van der Waals surface area (Å²) in [6.07, 6.45) is 8.08. The van der Waals surface area contributed by atoms with Crippen molar-refractivity contribution in [2.75, 3.05) is 24.7 Å². The summed E-state index contributed by atoms with van der Waals surface area (Å²) in [4.78, 5) is 11.2. The van der Waals surface area contributed by atoms with Crippen LogP contribution in [0.25, 0.3) is 0 Å². The molecule has 7 heteroatoms. The number of H-pyrrole nitrogens is 1. The maximum absolute atomic E-state index is 8.42. The zero-order valence-electron chi connectivity index (χ0n) is 9.03. The molecule has 0 spiro atoms. The van der Waals surface area contributed by atoms with Gasteiger partial charge in [0, 0.05) is 25.5 Å². The highest BCUT2D eigenvalue weighted by molar-refractivity contribution is 8.13. The fourth-order valence-corrected chi connectivity index (χ4v) is 1.40. The van der Waals surface area contributed by atoms with Crippen LogP contribution in [0.1, 0.15) is 6.42 Å². The molecule has 1 heterocycles. The molecule has 3 N–H and O–H groups in total. The number of aliphatic imine (C=N–C) groups is 1. The summed E-state index contributed by atoms with van der Waals surface area (Å²) in [6.45, 7) is 1.48. The van der Waals surface area contributed by atoms with Crippen molar-refractivity contribution in [3.8, 4) is 6.19 Å². The minimum atomic E-state index is 0.653. The van der Waals surface area contributed by atoms with Gasteiger partial charge in [0.1, 0.15) is 0 Å². The largest absolute Gasteiger partial charge is 0.356 e. The molecule has 0 aromatic carbocycles. The number of imidazole rings is 1. The number of rotatable bonds is 5. The molecule has 0 aliphatic rings. The summed E-state index contributed by atoms with van der Waals surface area (Å²) >= 11 is 1.43. The van der Waals surface area contributed by atoms with Crippen molar-refractivity contribution in [2.45, 2.75) is 6.42 Å². The fraction of sp³-hybridized carbons (Fsp3) is 0.444. The average molecular weight is 238 g/mol. The standard InChI is InChI=1S/C9H14N6S/c1-16-9(15-7-10)14-4-2-3-11-8-12-5-6-13-8/h5-6H,2-4H2,1H3,(H,14,15)(H2,11,12,13). The fourth-order valence-electron chi connectivity index (χ4n) is 1.03. The Balaban J connectivity index is 2.13. The summed E-state index contributed by atoms with van der Waals surface area (Å²) in [6, 6.07) is 0. The lowest BCUT2D eigenvalue weighted by Gasteiger charge is -2.01. The van der Waals surface area contributed by atoms with E-state index in [0.29, 0.717) is 11.7 Å². The molecular weight excluding hydrogens is 224 g/mol. The summed E-state index contributed by atoms with van der Waals surface area (Å²) in [5, 5.41) is 14.7. The monoisotopic (exact) mass is 238 g/mol. The molecule has 1 aromatic heterocycles. The number of nitriles is 1. The van der Waals surface area contributed by atoms with Crippen LogP contribution in [0.5, 0.6) is 0 Å². The van der Waals surface area contributed by atoms with Gasteiger partial charge in [-0.05, 0) is 12.7 Å². The summed E-state index contributed by atoms with van der Waals surface area (Å²) in [5.74, 6) is 0.768. The van der Waals surface area contributed by atoms with E-state index in [-0.39, 0.29) is 0 Å². The van der Waals surface area contributed by atoms with Gasteiger partial charge in [0.25, 0.3) is 0 Å². The summed E-state index contributed by atoms with van der Waals surface area (Å²) in [5.41, 5.74) is 0. The third-order valence-electron chi connectivity index (χ3n) is 1.74. The van der Waals surface area contributed by atoms with Gasteiger partial charge in [-0.2, -0.15) is 5.26 Å². The van der Waals surface area contributed by atoms with E-state index in [0.717, 1.165) is 18.9 Å². The lowest BCUT2D eigenvalue weighted by Crippen LogP contribution is -2.14. The molecule has 0 radical (unpaired) electrons. The van der Waals surface area contributed by atoms with Crippen molar-refractivity contribution in [3.05, 3.63) is 12.4 Å². The minimum Gasteiger partial charge on any atom is -0.356 e. The summed E-state index contributed by atoms with van der Waals surface area (Å²) in [7, 11) is 0. The highest BCUT2D eigenvalue weighted by Crippen LogP contribution is 1.97. The number of anilines is 1. The second-order valence-corrected chi connectivity index (χ2v) is 3.64. The first-order chi connectivity index (χ1) is 7.86. The van der Waals surface area contributed by atoms with Gasteiger partial charge in [0.2, 0.25) is 0 Å². The van der Waals surface area contributed by atoms with Gasteiger partial charge in [0.05, 0.1) is 0 Å². The Morgan fingerprint density at radius 2 is 2.62 bits per heavy atom. The quantitative estimate of drug-likeness (QED) is 0.234. The minimum absolute atomic E-state index is 0.653. The highest BCUT2D eigenvalue weighted by Gasteiger charge is 1.94. The van der Waals surface area contributed by atoms with E-state index < -0.39 is 0 Å². The number of amidine groups is 1. The molecule has 0 unspecified atom stereocenters. The number of aromatic nitrogens is 2. The van der Waals surface area contributed by atoms with Crippen LogP contribution < -0.4 is 10.6 Å². The number of hydrogen-bond donors (Lipinski definition) is 3. The predicted octanol–water partition coefficient (Wildman–Crippen LogP) is 1.00. The van der Waals surface area contributed by atoms with E-state index in [1.807, 2.05) is 12.4 Å². The van der Waals surface area contributed by atoms with Gasteiger partial charge in [-0.15, -0.1) is 0 Å². The van der Waals surface area contributed by atoms with Gasteiger partial charge in [-0.1, -0.05) is 11.8 Å². The van der Waals surface area contributed by atoms with Gasteiger partial charge in [0.15, 0.2) is 17.3 Å². The molecule has 0 bridgehead atoms. The number of hydrogen-bond acceptors (Lipinski definition) is 5. The third kappa shape index (κ3) is 4.70. The topological polar surface area (TPSA) is 88.9 Å². The first kappa shape index (κ1) is 12.4. The van der Waals surface area contributed by atoms with Gasteiger partial charge >= 0.3 is 0 Å². The van der Waals surface area contributed by atoms with E-state index in [1.165, 1.54) is 11.8 Å². The molecule has 1 rings (SSSR count). The number of thioether (sulfide) groups is 1. The first-order valence-electron chi connectivity index (χ1n) is 4.83. The third-order valence-corrected chi connectivity index (χ3v) is 2.36. The van der Waals surface area contributed by atoms with Crippen LogP contribution in [-0.2, 0) is 0 Å². The van der Waals surface area contributed by atoms with Crippen molar-refractivity contribution >= 4 is 22.9 Å². The van der Waals surface area contributed by atoms with Crippen molar-refractivity contribution in [1.82, 2.24) is 15.3 Å². The van der Waals surface area contributed by atoms with Crippen LogP contribution in [0.2, 0.25) is 0 Å². The normalized spacial score (nSPS) is 10.9. The van der Waals surface area contributed by atoms with Gasteiger partial charge in [-0.3, -0.25) is 10.3 Å². The number of nitrogens with one attached hydrogen (secondary N) is 3. The lowest BCUT2D eigenvalue weighted by molar-refractivity contribution is 0.866. The second kappa shape index (κ2) is 7.59. The molecule has 0 fully saturated rings. The number of nitrogens with zero attached hydrogens (tertiary/aromatic N) is 3. The van der Waals surface area contributed by atoms with Crippen molar-refractivity contribution in [1.29, 1.82) is 5.26 Å². The molecule has 1 aromatic rings. The Morgan fingerprint density at radius 3 is 3.25 bits per heavy atom. The Kier molecular flexibility index (Phi) is 5.88. The van der Waals surface area contributed by atoms with Crippen LogP contribution >= 0.6 is 11.8 Å². The maximum atomic E-state index is 8.42. The number of aromatic amines is 1. The summed E-state index contributed by atoms with van der Waals surface area (Å²) < 4.78 is 0. The van der Waals surface area contributed by atoms with Crippen molar-refractivity contribution in [2.24, 2.45) is 4.99 Å². The molecule has 0 aliphatic heterocycles. The smallest absolute Gasteiger partial charge is 0.200 e. The van der Waals surface area contributed by atoms with Crippen LogP contribution in [0.15, 0.2) is 17.4 Å². The Hall–Kier alpha value is -1.68. The van der Waals surface area contributed by atoms with Gasteiger partial charge < -0.3 is 10.3 Å². The molecule has 16 heavy (non-hydrogen) atoms. The molecule has 0 saturated carbocycles. The molecular formula is C9H14N6S. The van der Waals surface area contributed by atoms with E-state index in [9.17, 15) is 0 Å². The van der Waals surface area contributed by atoms with E-state index in [1.54, 1.807) is 12.4 Å². The van der Waals surface area contributed by atoms with E-state index in [2.05, 4.69) is 25.6 Å². The second-order valence-electron chi connectivity index (χ2n) is 2.85. The van der Waals surface area contributed by atoms with E-state index >= 15 is 0 Å². The Bertz CT molecular complexity index is 353. The molecule has 0 aliphatic carbocycles. The van der Waals surface area contributed by atoms with Crippen LogP contribution in [0, 0.1) is 11.5 Å². The van der Waals surface area contributed by atoms with Crippen molar-refractivity contribution < 1.29 is 0 Å². The van der Waals surface area contributed by atoms with Gasteiger partial charge in [-0.25, -0.2) is 4.98 Å². The van der Waals surface area contributed by atoms with Crippen LogP contribution in [0.4, 0.5) is 5.95 Å². The molecule has 0 saturated heterocycles. The predicted molar refractivity (Wildman–Crippen MR) is 66.3 cm³/mol. The molecule has 6 nitrogen and oxygen atoms in total. The zero-order valence-corrected chi connectivity index (χ0v) is 9.84. The Labute approximate surface area is 98.6 Å². The zero-order chi connectivity index (χ0) is 11.6. The van der Waals surface area contributed by atoms with Crippen molar-refractivity contribution in [3.63, 3.8) is 0 Å². The SMILES string of the molecule is CS/C(=N\CCCNc1ncc[nH]1)NC#N. The molecule has 86 valence electrons. The average Bonchev–Trinajstić information content (AvgIpc) is 2.80. The van der Waals surface area contributed by atoms with Crippen LogP contribution in [0.3, 0.4) is 0 Å². The van der Waals surface area contributed by atoms with Crippen LogP contribution in [-0.4, -0.2) is 34.5 Å². The molecule has 0 atom stereocenters. The highest BCUT2D eigenvalue weighted by atomic mass is 32.2. The van der Waals surface area contributed by atoms with E-state index in [4.69, 9.17) is 5.26 Å².